The summed E-state index contributed by atoms with van der Waals surface area (Å²) in [5, 5.41) is 0.414. The fourth-order valence-corrected chi connectivity index (χ4v) is 5.24. The Morgan fingerprint density at radius 2 is 1.71 bits per heavy atom. The summed E-state index contributed by atoms with van der Waals surface area (Å²) in [5.41, 5.74) is -0.166. The first kappa shape index (κ1) is 22.0. The van der Waals surface area contributed by atoms with Gasteiger partial charge in [0.25, 0.3) is 0 Å². The lowest BCUT2D eigenvalue weighted by Gasteiger charge is -2.38. The number of amides is 1. The molecule has 168 valence electrons. The molecule has 2 aromatic rings. The second kappa shape index (κ2) is 8.74. The second-order valence-electron chi connectivity index (χ2n) is 9.06. The lowest BCUT2D eigenvalue weighted by molar-refractivity contribution is -0.138. The molecule has 4 rings (SSSR count). The number of rotatable bonds is 3. The van der Waals surface area contributed by atoms with E-state index in [1.165, 1.54) is 15.3 Å². The minimum atomic E-state index is -0.590. The number of hydrogen-bond acceptors (Lipinski definition) is 5. The van der Waals surface area contributed by atoms with E-state index >= 15 is 0 Å². The van der Waals surface area contributed by atoms with Crippen molar-refractivity contribution in [2.24, 2.45) is 13.0 Å². The van der Waals surface area contributed by atoms with Crippen LogP contribution in [0.4, 0.5) is 0 Å². The van der Waals surface area contributed by atoms with Gasteiger partial charge in [-0.3, -0.25) is 19.0 Å². The molecule has 0 bridgehead atoms. The number of nitrogens with zero attached hydrogens (tertiary/aromatic N) is 5. The van der Waals surface area contributed by atoms with E-state index in [0.29, 0.717) is 48.2 Å². The lowest BCUT2D eigenvalue weighted by atomic mass is 9.84. The summed E-state index contributed by atoms with van der Waals surface area (Å²) in [7, 11) is 5.76. The van der Waals surface area contributed by atoms with Crippen LogP contribution in [-0.4, -0.2) is 63.1 Å². The van der Waals surface area contributed by atoms with Crippen molar-refractivity contribution in [3.8, 4) is 0 Å². The van der Waals surface area contributed by atoms with Crippen LogP contribution in [-0.2, 0) is 11.8 Å². The minimum Gasteiger partial charge on any atom is -0.342 e. The van der Waals surface area contributed by atoms with Crippen LogP contribution in [0.1, 0.15) is 44.6 Å². The highest BCUT2D eigenvalue weighted by atomic mass is 35.5. The first-order valence-corrected chi connectivity index (χ1v) is 11.4. The quantitative estimate of drug-likeness (QED) is 0.672. The van der Waals surface area contributed by atoms with Crippen LogP contribution in [0.25, 0.3) is 11.2 Å². The van der Waals surface area contributed by atoms with Gasteiger partial charge < -0.3 is 14.4 Å². The number of piperidine rings is 1. The van der Waals surface area contributed by atoms with Crippen LogP contribution >= 0.6 is 11.6 Å². The number of carbonyl (C=O) groups excluding carboxylic acids is 1. The van der Waals surface area contributed by atoms with Gasteiger partial charge in [-0.15, -0.1) is 0 Å². The van der Waals surface area contributed by atoms with Crippen LogP contribution in [0.15, 0.2) is 21.9 Å². The molecule has 0 spiro atoms. The van der Waals surface area contributed by atoms with Crippen molar-refractivity contribution in [2.75, 3.05) is 27.2 Å². The van der Waals surface area contributed by atoms with E-state index in [1.54, 1.807) is 13.1 Å². The molecule has 0 N–H and O–H groups in total. The van der Waals surface area contributed by atoms with E-state index < -0.39 is 11.1 Å². The molecule has 1 aliphatic heterocycles. The van der Waals surface area contributed by atoms with Crippen molar-refractivity contribution in [2.45, 2.75) is 50.6 Å². The number of fused-ring (bicyclic) bond motifs is 1. The van der Waals surface area contributed by atoms with Crippen molar-refractivity contribution < 1.29 is 4.79 Å². The van der Waals surface area contributed by atoms with Gasteiger partial charge >= 0.3 is 11.1 Å². The number of carbonyl (C=O) groups is 1. The highest BCUT2D eigenvalue weighted by Crippen LogP contribution is 2.30. The molecule has 0 unspecified atom stereocenters. The van der Waals surface area contributed by atoms with E-state index in [1.807, 2.05) is 4.90 Å². The molecule has 2 aromatic heterocycles. The summed E-state index contributed by atoms with van der Waals surface area (Å²) in [5.74, 6) is 0.339. The highest BCUT2D eigenvalue weighted by molar-refractivity contribution is 6.31. The average molecular weight is 448 g/mol. The third-order valence-electron chi connectivity index (χ3n) is 7.03. The van der Waals surface area contributed by atoms with Gasteiger partial charge in [-0.25, -0.2) is 4.98 Å². The van der Waals surface area contributed by atoms with Gasteiger partial charge in [-0.1, -0.05) is 11.6 Å². The van der Waals surface area contributed by atoms with Gasteiger partial charge in [0.05, 0.1) is 10.5 Å². The molecule has 8 nitrogen and oxygen atoms in total. The number of aromatic nitrogens is 3. The smallest absolute Gasteiger partial charge is 0.318 e. The van der Waals surface area contributed by atoms with Crippen molar-refractivity contribution in [1.29, 1.82) is 0 Å². The Kier molecular flexibility index (Phi) is 6.21. The monoisotopic (exact) mass is 447 g/mol. The lowest BCUT2D eigenvalue weighted by Crippen LogP contribution is -2.47. The molecule has 1 saturated carbocycles. The van der Waals surface area contributed by atoms with Gasteiger partial charge in [-0.05, 0) is 58.7 Å². The Hall–Kier alpha value is -2.19. The van der Waals surface area contributed by atoms with Crippen LogP contribution in [0.2, 0.25) is 5.02 Å². The topological polar surface area (TPSA) is 80.4 Å². The molecule has 2 aliphatic rings. The number of aryl methyl sites for hydroxylation is 1. The van der Waals surface area contributed by atoms with Crippen molar-refractivity contribution >= 4 is 28.7 Å². The van der Waals surface area contributed by atoms with E-state index in [2.05, 4.69) is 24.0 Å². The van der Waals surface area contributed by atoms with E-state index in [0.717, 1.165) is 25.7 Å². The fraction of sp³-hybridized carbons (Fsp3) is 0.636. The maximum atomic E-state index is 13.1. The molecule has 0 atom stereocenters. The SMILES string of the molecule is CN(C)C1CCC(C(=O)N2CCC(n3c(=O)c(=O)n(C)c4cc(Cl)cnc43)CC2)CC1. The number of pyridine rings is 1. The number of hydrogen-bond donors (Lipinski definition) is 0. The predicted octanol–water partition coefficient (Wildman–Crippen LogP) is 2.03. The predicted molar refractivity (Wildman–Crippen MR) is 121 cm³/mol. The molecule has 1 saturated heterocycles. The maximum absolute atomic E-state index is 13.1. The van der Waals surface area contributed by atoms with Crippen LogP contribution in [0.3, 0.4) is 0 Å². The van der Waals surface area contributed by atoms with Crippen molar-refractivity contribution in [3.05, 3.63) is 38.0 Å². The summed E-state index contributed by atoms with van der Waals surface area (Å²) in [6, 6.07) is 2.06. The molecular weight excluding hydrogens is 418 g/mol. The molecule has 0 aromatic carbocycles. The van der Waals surface area contributed by atoms with Gasteiger partial charge in [0.15, 0.2) is 5.65 Å². The van der Waals surface area contributed by atoms with E-state index in [4.69, 9.17) is 11.6 Å². The standard InChI is InChI=1S/C22H30ClN5O3/c1-25(2)16-6-4-14(5-7-16)20(29)27-10-8-17(9-11-27)28-19-18(12-15(23)13-24-19)26(3)21(30)22(28)31/h12-14,16-17H,4-11H2,1-3H3. The Morgan fingerprint density at radius 1 is 1.06 bits per heavy atom. The summed E-state index contributed by atoms with van der Waals surface area (Å²) >= 11 is 6.06. The fourth-order valence-electron chi connectivity index (χ4n) is 5.09. The van der Waals surface area contributed by atoms with Gasteiger partial charge in [0.1, 0.15) is 0 Å². The minimum absolute atomic E-state index is 0.101. The molecule has 1 amide bonds. The number of halogens is 1. The largest absolute Gasteiger partial charge is 0.342 e. The molecule has 9 heteroatoms. The highest BCUT2D eigenvalue weighted by Gasteiger charge is 2.33. The average Bonchev–Trinajstić information content (AvgIpc) is 2.78. The van der Waals surface area contributed by atoms with Crippen LogP contribution < -0.4 is 11.1 Å². The Labute approximate surface area is 186 Å². The molecular formula is C22H30ClN5O3. The Morgan fingerprint density at radius 3 is 2.32 bits per heavy atom. The zero-order valence-electron chi connectivity index (χ0n) is 18.4. The molecule has 3 heterocycles. The van der Waals surface area contributed by atoms with Gasteiger partial charge in [-0.2, -0.15) is 0 Å². The van der Waals surface area contributed by atoms with Crippen LogP contribution in [0, 0.1) is 5.92 Å². The first-order chi connectivity index (χ1) is 14.8. The molecule has 1 aliphatic carbocycles. The Bertz CT molecular complexity index is 1090. The third kappa shape index (κ3) is 4.15. The zero-order valence-corrected chi connectivity index (χ0v) is 19.1. The van der Waals surface area contributed by atoms with Crippen molar-refractivity contribution in [3.63, 3.8) is 0 Å². The second-order valence-corrected chi connectivity index (χ2v) is 9.50. The normalized spacial score (nSPS) is 22.9. The van der Waals surface area contributed by atoms with Gasteiger partial charge in [0, 0.05) is 44.3 Å². The van der Waals surface area contributed by atoms with E-state index in [-0.39, 0.29) is 17.9 Å². The summed E-state index contributed by atoms with van der Waals surface area (Å²) in [4.78, 5) is 46.9. The summed E-state index contributed by atoms with van der Waals surface area (Å²) in [6.07, 6.45) is 6.74. The first-order valence-electron chi connectivity index (χ1n) is 11.0. The molecule has 2 fully saturated rings. The number of likely N-dealkylation sites (tertiary alicyclic amines) is 1. The third-order valence-corrected chi connectivity index (χ3v) is 7.23. The van der Waals surface area contributed by atoms with E-state index in [9.17, 15) is 14.4 Å². The Balaban J connectivity index is 1.50. The maximum Gasteiger partial charge on any atom is 0.318 e. The molecule has 0 radical (unpaired) electrons. The molecule has 31 heavy (non-hydrogen) atoms. The zero-order chi connectivity index (χ0) is 22.3. The summed E-state index contributed by atoms with van der Waals surface area (Å²) < 4.78 is 2.81. The van der Waals surface area contributed by atoms with Gasteiger partial charge in [0.2, 0.25) is 5.91 Å². The summed E-state index contributed by atoms with van der Waals surface area (Å²) in [6.45, 7) is 1.18. The van der Waals surface area contributed by atoms with Crippen LogP contribution in [0.5, 0.6) is 0 Å². The van der Waals surface area contributed by atoms with Crippen molar-refractivity contribution in [1.82, 2.24) is 23.9 Å².